The van der Waals surface area contributed by atoms with Crippen molar-refractivity contribution < 1.29 is 4.74 Å². The van der Waals surface area contributed by atoms with Gasteiger partial charge in [-0.25, -0.2) is 0 Å². The van der Waals surface area contributed by atoms with E-state index in [-0.39, 0.29) is 0 Å². The summed E-state index contributed by atoms with van der Waals surface area (Å²) in [5.74, 6) is 0.619. The molecule has 3 heteroatoms. The van der Waals surface area contributed by atoms with Crippen LogP contribution in [0.4, 0.5) is 0 Å². The highest BCUT2D eigenvalue weighted by Gasteiger charge is 1.95. The molecular formula is C12H18N2O. The Labute approximate surface area is 91.0 Å². The minimum Gasteiger partial charge on any atom is -0.385 e. The third-order valence-electron chi connectivity index (χ3n) is 2.11. The van der Waals surface area contributed by atoms with Crippen LogP contribution >= 0.6 is 0 Å². The fourth-order valence-corrected chi connectivity index (χ4v) is 1.26. The van der Waals surface area contributed by atoms with Crippen LogP contribution in [-0.4, -0.2) is 26.1 Å². The summed E-state index contributed by atoms with van der Waals surface area (Å²) >= 11 is 0. The summed E-state index contributed by atoms with van der Waals surface area (Å²) in [5, 5.41) is 0. The van der Waals surface area contributed by atoms with Crippen LogP contribution in [-0.2, 0) is 4.74 Å². The second kappa shape index (κ2) is 7.01. The first-order valence-electron chi connectivity index (χ1n) is 5.19. The van der Waals surface area contributed by atoms with Gasteiger partial charge in [-0.05, 0) is 12.8 Å². The highest BCUT2D eigenvalue weighted by atomic mass is 16.5. The van der Waals surface area contributed by atoms with Gasteiger partial charge in [-0.1, -0.05) is 30.3 Å². The highest BCUT2D eigenvalue weighted by Crippen LogP contribution is 1.98. The molecular weight excluding hydrogens is 188 g/mol. The Morgan fingerprint density at radius 3 is 2.67 bits per heavy atom. The number of aliphatic imine (C=N–C) groups is 1. The van der Waals surface area contributed by atoms with Crippen LogP contribution in [0, 0.1) is 0 Å². The number of nitrogens with two attached hydrogens (primary N) is 1. The summed E-state index contributed by atoms with van der Waals surface area (Å²) in [6, 6.07) is 9.82. The summed E-state index contributed by atoms with van der Waals surface area (Å²) in [5.41, 5.74) is 6.82. The zero-order chi connectivity index (χ0) is 10.9. The molecule has 0 atom stereocenters. The largest absolute Gasteiger partial charge is 0.385 e. The molecule has 0 aromatic heterocycles. The molecule has 1 rings (SSSR count). The van der Waals surface area contributed by atoms with Crippen LogP contribution in [0.3, 0.4) is 0 Å². The average Bonchev–Trinajstić information content (AvgIpc) is 2.30. The number of hydrogen-bond acceptors (Lipinski definition) is 2. The molecule has 1 aromatic carbocycles. The number of rotatable bonds is 6. The lowest BCUT2D eigenvalue weighted by atomic mass is 10.2. The minimum absolute atomic E-state index is 0.619. The molecule has 0 fully saturated rings. The molecule has 0 saturated heterocycles. The van der Waals surface area contributed by atoms with Gasteiger partial charge in [0.25, 0.3) is 0 Å². The van der Waals surface area contributed by atoms with Crippen molar-refractivity contribution in [2.24, 2.45) is 10.7 Å². The molecule has 0 amide bonds. The smallest absolute Gasteiger partial charge is 0.125 e. The molecule has 0 aliphatic heterocycles. The van der Waals surface area contributed by atoms with Gasteiger partial charge in [0.05, 0.1) is 0 Å². The van der Waals surface area contributed by atoms with E-state index < -0.39 is 0 Å². The van der Waals surface area contributed by atoms with E-state index in [2.05, 4.69) is 4.99 Å². The van der Waals surface area contributed by atoms with Gasteiger partial charge >= 0.3 is 0 Å². The number of hydrogen-bond donors (Lipinski definition) is 1. The van der Waals surface area contributed by atoms with Gasteiger partial charge in [0.2, 0.25) is 0 Å². The second-order valence-corrected chi connectivity index (χ2v) is 3.33. The van der Waals surface area contributed by atoms with Gasteiger partial charge in [-0.15, -0.1) is 0 Å². The third-order valence-corrected chi connectivity index (χ3v) is 2.11. The topological polar surface area (TPSA) is 47.6 Å². The summed E-state index contributed by atoms with van der Waals surface area (Å²) in [7, 11) is 1.71. The first-order valence-corrected chi connectivity index (χ1v) is 5.19. The maximum Gasteiger partial charge on any atom is 0.125 e. The van der Waals surface area contributed by atoms with Crippen LogP contribution in [0.2, 0.25) is 0 Å². The lowest BCUT2D eigenvalue weighted by Crippen LogP contribution is -2.13. The standard InChI is InChI=1S/C12H18N2O/c1-15-10-6-5-9-14-12(13)11-7-3-2-4-8-11/h2-4,7-8H,5-6,9-10H2,1H3,(H2,13,14). The van der Waals surface area contributed by atoms with Crippen LogP contribution in [0.15, 0.2) is 35.3 Å². The van der Waals surface area contributed by atoms with Crippen LogP contribution < -0.4 is 5.73 Å². The van der Waals surface area contributed by atoms with Crippen LogP contribution in [0.1, 0.15) is 18.4 Å². The molecule has 15 heavy (non-hydrogen) atoms. The van der Waals surface area contributed by atoms with Crippen molar-refractivity contribution in [3.8, 4) is 0 Å². The Hall–Kier alpha value is -1.35. The second-order valence-electron chi connectivity index (χ2n) is 3.33. The van der Waals surface area contributed by atoms with Crippen molar-refractivity contribution >= 4 is 5.84 Å². The van der Waals surface area contributed by atoms with Gasteiger partial charge in [0.1, 0.15) is 5.84 Å². The maximum absolute atomic E-state index is 5.83. The highest BCUT2D eigenvalue weighted by molar-refractivity contribution is 5.97. The van der Waals surface area contributed by atoms with Crippen molar-refractivity contribution in [3.63, 3.8) is 0 Å². The van der Waals surface area contributed by atoms with E-state index in [1.165, 1.54) is 0 Å². The first kappa shape index (κ1) is 11.7. The Balaban J connectivity index is 2.33. The van der Waals surface area contributed by atoms with Gasteiger partial charge in [-0.2, -0.15) is 0 Å². The van der Waals surface area contributed by atoms with E-state index >= 15 is 0 Å². The molecule has 0 unspecified atom stereocenters. The van der Waals surface area contributed by atoms with Crippen molar-refractivity contribution in [3.05, 3.63) is 35.9 Å². The molecule has 2 N–H and O–H groups in total. The van der Waals surface area contributed by atoms with E-state index in [1.807, 2.05) is 30.3 Å². The van der Waals surface area contributed by atoms with Crippen molar-refractivity contribution in [1.82, 2.24) is 0 Å². The van der Waals surface area contributed by atoms with Crippen molar-refractivity contribution in [1.29, 1.82) is 0 Å². The lowest BCUT2D eigenvalue weighted by molar-refractivity contribution is 0.193. The molecule has 3 nitrogen and oxygen atoms in total. The summed E-state index contributed by atoms with van der Waals surface area (Å²) in [4.78, 5) is 4.31. The molecule has 0 aliphatic carbocycles. The molecule has 0 heterocycles. The number of ether oxygens (including phenoxy) is 1. The SMILES string of the molecule is COCCCCN=C(N)c1ccccc1. The number of nitrogens with zero attached hydrogens (tertiary/aromatic N) is 1. The normalized spacial score (nSPS) is 11.7. The lowest BCUT2D eigenvalue weighted by Gasteiger charge is -2.00. The molecule has 82 valence electrons. The maximum atomic E-state index is 5.83. The predicted octanol–water partition coefficient (Wildman–Crippen LogP) is 1.82. The number of amidine groups is 1. The molecule has 0 aliphatic rings. The monoisotopic (exact) mass is 206 g/mol. The van der Waals surface area contributed by atoms with Gasteiger partial charge < -0.3 is 10.5 Å². The third kappa shape index (κ3) is 4.61. The van der Waals surface area contributed by atoms with Crippen LogP contribution in [0.5, 0.6) is 0 Å². The zero-order valence-electron chi connectivity index (χ0n) is 9.15. The summed E-state index contributed by atoms with van der Waals surface area (Å²) in [6.07, 6.45) is 2.05. The number of unbranched alkanes of at least 4 members (excludes halogenated alkanes) is 1. The Bertz CT molecular complexity index is 296. The quantitative estimate of drug-likeness (QED) is 0.438. The van der Waals surface area contributed by atoms with E-state index in [0.29, 0.717) is 5.84 Å². The van der Waals surface area contributed by atoms with Crippen molar-refractivity contribution in [2.45, 2.75) is 12.8 Å². The fourth-order valence-electron chi connectivity index (χ4n) is 1.26. The van der Waals surface area contributed by atoms with E-state index in [9.17, 15) is 0 Å². The Kier molecular flexibility index (Phi) is 5.48. The van der Waals surface area contributed by atoms with E-state index in [4.69, 9.17) is 10.5 Å². The molecule has 0 radical (unpaired) electrons. The van der Waals surface area contributed by atoms with Crippen molar-refractivity contribution in [2.75, 3.05) is 20.3 Å². The van der Waals surface area contributed by atoms with Gasteiger partial charge in [0.15, 0.2) is 0 Å². The number of methoxy groups -OCH3 is 1. The van der Waals surface area contributed by atoms with Gasteiger partial charge in [0, 0.05) is 25.8 Å². The average molecular weight is 206 g/mol. The molecule has 0 saturated carbocycles. The summed E-state index contributed by atoms with van der Waals surface area (Å²) in [6.45, 7) is 1.56. The number of benzene rings is 1. The van der Waals surface area contributed by atoms with Gasteiger partial charge in [-0.3, -0.25) is 4.99 Å². The molecule has 0 spiro atoms. The minimum atomic E-state index is 0.619. The molecule has 1 aromatic rings. The fraction of sp³-hybridized carbons (Fsp3) is 0.417. The Morgan fingerprint density at radius 2 is 2.00 bits per heavy atom. The summed E-state index contributed by atoms with van der Waals surface area (Å²) < 4.78 is 4.95. The molecule has 0 bridgehead atoms. The first-order chi connectivity index (χ1) is 7.34. The van der Waals surface area contributed by atoms with E-state index in [0.717, 1.165) is 31.6 Å². The predicted molar refractivity (Wildman–Crippen MR) is 63.1 cm³/mol. The van der Waals surface area contributed by atoms with Crippen LogP contribution in [0.25, 0.3) is 0 Å². The van der Waals surface area contributed by atoms with E-state index in [1.54, 1.807) is 7.11 Å². The zero-order valence-corrected chi connectivity index (χ0v) is 9.15. The Morgan fingerprint density at radius 1 is 1.27 bits per heavy atom.